The number of carbonyl (C=O) groups is 1. The van der Waals surface area contributed by atoms with E-state index in [0.717, 1.165) is 31.5 Å². The lowest BCUT2D eigenvalue weighted by atomic mass is 9.92. The number of amides is 1. The SMILES string of the molecule is CC(N)C1CCCN(C(=O)Cc2coc(-c3ccc(Cl)cc3)n2)C1.Cl. The van der Waals surface area contributed by atoms with Crippen LogP contribution in [0.2, 0.25) is 5.02 Å². The molecule has 0 aliphatic carbocycles. The molecule has 2 atom stereocenters. The second kappa shape index (κ2) is 8.70. The van der Waals surface area contributed by atoms with E-state index in [9.17, 15) is 4.79 Å². The lowest BCUT2D eigenvalue weighted by Crippen LogP contribution is -2.45. The average Bonchev–Trinajstić information content (AvgIpc) is 3.04. The molecule has 2 N–H and O–H groups in total. The Morgan fingerprint density at radius 2 is 2.16 bits per heavy atom. The van der Waals surface area contributed by atoms with Crippen molar-refractivity contribution in [1.82, 2.24) is 9.88 Å². The standard InChI is InChI=1S/C18H22ClN3O2.ClH/c1-12(20)14-3-2-8-22(10-14)17(23)9-16-11-24-18(21-16)13-4-6-15(19)7-5-13;/h4-7,11-12,14H,2-3,8-10,20H2,1H3;1H. The van der Waals surface area contributed by atoms with Gasteiger partial charge in [0.15, 0.2) is 0 Å². The summed E-state index contributed by atoms with van der Waals surface area (Å²) in [5.41, 5.74) is 7.47. The molecule has 1 aromatic carbocycles. The van der Waals surface area contributed by atoms with Gasteiger partial charge in [-0.15, -0.1) is 12.4 Å². The maximum absolute atomic E-state index is 12.5. The highest BCUT2D eigenvalue weighted by molar-refractivity contribution is 6.30. The van der Waals surface area contributed by atoms with Crippen LogP contribution in [0.25, 0.3) is 11.5 Å². The van der Waals surface area contributed by atoms with Crippen molar-refractivity contribution in [1.29, 1.82) is 0 Å². The Balaban J connectivity index is 0.00000225. The van der Waals surface area contributed by atoms with E-state index in [1.807, 2.05) is 24.0 Å². The molecule has 2 heterocycles. The van der Waals surface area contributed by atoms with E-state index in [1.54, 1.807) is 18.4 Å². The summed E-state index contributed by atoms with van der Waals surface area (Å²) < 4.78 is 5.49. The molecule has 1 saturated heterocycles. The van der Waals surface area contributed by atoms with Gasteiger partial charge in [-0.1, -0.05) is 11.6 Å². The Hall–Kier alpha value is -1.56. The first-order valence-electron chi connectivity index (χ1n) is 8.26. The van der Waals surface area contributed by atoms with Crippen LogP contribution in [-0.4, -0.2) is 34.9 Å². The fourth-order valence-electron chi connectivity index (χ4n) is 3.05. The van der Waals surface area contributed by atoms with Gasteiger partial charge >= 0.3 is 0 Å². The number of oxazole rings is 1. The molecule has 1 aliphatic rings. The van der Waals surface area contributed by atoms with Gasteiger partial charge in [0.25, 0.3) is 0 Å². The average molecular weight is 384 g/mol. The summed E-state index contributed by atoms with van der Waals surface area (Å²) in [7, 11) is 0. The van der Waals surface area contributed by atoms with E-state index < -0.39 is 0 Å². The molecule has 1 aliphatic heterocycles. The summed E-state index contributed by atoms with van der Waals surface area (Å²) in [5.74, 6) is 0.961. The summed E-state index contributed by atoms with van der Waals surface area (Å²) in [5, 5.41) is 0.662. The van der Waals surface area contributed by atoms with E-state index in [0.29, 0.717) is 22.5 Å². The van der Waals surface area contributed by atoms with E-state index in [-0.39, 0.29) is 30.8 Å². The Bertz CT molecular complexity index is 701. The highest BCUT2D eigenvalue weighted by Gasteiger charge is 2.26. The molecular weight excluding hydrogens is 361 g/mol. The third-order valence-electron chi connectivity index (χ3n) is 4.53. The van der Waals surface area contributed by atoms with Crippen LogP contribution in [-0.2, 0) is 11.2 Å². The van der Waals surface area contributed by atoms with Gasteiger partial charge in [-0.25, -0.2) is 4.98 Å². The van der Waals surface area contributed by atoms with Crippen molar-refractivity contribution < 1.29 is 9.21 Å². The third-order valence-corrected chi connectivity index (χ3v) is 4.78. The van der Waals surface area contributed by atoms with Gasteiger partial charge in [0, 0.05) is 29.7 Å². The van der Waals surface area contributed by atoms with Crippen LogP contribution in [0.4, 0.5) is 0 Å². The normalized spacial score (nSPS) is 18.5. The smallest absolute Gasteiger partial charge is 0.228 e. The molecule has 2 unspecified atom stereocenters. The van der Waals surface area contributed by atoms with Crippen LogP contribution >= 0.6 is 24.0 Å². The largest absolute Gasteiger partial charge is 0.444 e. The van der Waals surface area contributed by atoms with Gasteiger partial charge in [0.1, 0.15) is 6.26 Å². The summed E-state index contributed by atoms with van der Waals surface area (Å²) in [6.07, 6.45) is 3.90. The third kappa shape index (κ3) is 4.97. The number of piperidine rings is 1. The van der Waals surface area contributed by atoms with Crippen molar-refractivity contribution in [3.63, 3.8) is 0 Å². The number of hydrogen-bond donors (Lipinski definition) is 1. The molecule has 1 amide bonds. The zero-order valence-corrected chi connectivity index (χ0v) is 15.7. The number of benzene rings is 1. The van der Waals surface area contributed by atoms with Crippen LogP contribution in [0.5, 0.6) is 0 Å². The number of nitrogens with two attached hydrogens (primary N) is 1. The minimum atomic E-state index is 0. The first-order valence-corrected chi connectivity index (χ1v) is 8.64. The highest BCUT2D eigenvalue weighted by atomic mass is 35.5. The van der Waals surface area contributed by atoms with Crippen molar-refractivity contribution in [3.8, 4) is 11.5 Å². The Morgan fingerprint density at radius 1 is 1.44 bits per heavy atom. The zero-order valence-electron chi connectivity index (χ0n) is 14.2. The maximum atomic E-state index is 12.5. The molecule has 3 rings (SSSR count). The van der Waals surface area contributed by atoms with E-state index in [2.05, 4.69) is 4.98 Å². The quantitative estimate of drug-likeness (QED) is 0.875. The Labute approximate surface area is 158 Å². The van der Waals surface area contributed by atoms with Gasteiger partial charge in [0.05, 0.1) is 12.1 Å². The summed E-state index contributed by atoms with van der Waals surface area (Å²) in [6.45, 7) is 3.54. The second-order valence-corrected chi connectivity index (χ2v) is 6.87. The summed E-state index contributed by atoms with van der Waals surface area (Å²) in [6, 6.07) is 7.38. The second-order valence-electron chi connectivity index (χ2n) is 6.43. The molecule has 7 heteroatoms. The highest BCUT2D eigenvalue weighted by Crippen LogP contribution is 2.22. The van der Waals surface area contributed by atoms with Crippen molar-refractivity contribution >= 4 is 29.9 Å². The van der Waals surface area contributed by atoms with Crippen LogP contribution < -0.4 is 5.73 Å². The zero-order chi connectivity index (χ0) is 17.1. The van der Waals surface area contributed by atoms with E-state index >= 15 is 0 Å². The minimum Gasteiger partial charge on any atom is -0.444 e. The number of rotatable bonds is 4. The number of hydrogen-bond acceptors (Lipinski definition) is 4. The van der Waals surface area contributed by atoms with Gasteiger partial charge < -0.3 is 15.1 Å². The minimum absolute atomic E-state index is 0. The molecule has 2 aromatic rings. The lowest BCUT2D eigenvalue weighted by molar-refractivity contribution is -0.132. The number of likely N-dealkylation sites (tertiary alicyclic amines) is 1. The summed E-state index contributed by atoms with van der Waals surface area (Å²) >= 11 is 5.88. The molecule has 1 aromatic heterocycles. The predicted octanol–water partition coefficient (Wildman–Crippen LogP) is 3.55. The molecule has 25 heavy (non-hydrogen) atoms. The van der Waals surface area contributed by atoms with Crippen molar-refractivity contribution in [3.05, 3.63) is 41.2 Å². The number of nitrogens with zero attached hydrogens (tertiary/aromatic N) is 2. The van der Waals surface area contributed by atoms with E-state index in [1.165, 1.54) is 0 Å². The molecular formula is C18H23Cl2N3O2. The maximum Gasteiger partial charge on any atom is 0.228 e. The lowest BCUT2D eigenvalue weighted by Gasteiger charge is -2.34. The molecule has 0 saturated carbocycles. The van der Waals surface area contributed by atoms with Gasteiger partial charge in [-0.3, -0.25) is 4.79 Å². The van der Waals surface area contributed by atoms with Crippen molar-refractivity contribution in [2.45, 2.75) is 32.2 Å². The molecule has 0 bridgehead atoms. The topological polar surface area (TPSA) is 72.4 Å². The van der Waals surface area contributed by atoms with Gasteiger partial charge in [-0.2, -0.15) is 0 Å². The van der Waals surface area contributed by atoms with Crippen LogP contribution in [0.1, 0.15) is 25.5 Å². The van der Waals surface area contributed by atoms with Gasteiger partial charge in [0.2, 0.25) is 11.8 Å². The Kier molecular flexibility index (Phi) is 6.87. The Morgan fingerprint density at radius 3 is 2.84 bits per heavy atom. The molecule has 5 nitrogen and oxygen atoms in total. The van der Waals surface area contributed by atoms with Crippen LogP contribution in [0.3, 0.4) is 0 Å². The number of carbonyl (C=O) groups excluding carboxylic acids is 1. The van der Waals surface area contributed by atoms with Crippen LogP contribution in [0.15, 0.2) is 34.9 Å². The molecule has 136 valence electrons. The molecule has 1 fully saturated rings. The number of halogens is 2. The van der Waals surface area contributed by atoms with Crippen LogP contribution in [0, 0.1) is 5.92 Å². The predicted molar refractivity (Wildman–Crippen MR) is 101 cm³/mol. The fraction of sp³-hybridized carbons (Fsp3) is 0.444. The first kappa shape index (κ1) is 19.8. The molecule has 0 radical (unpaired) electrons. The summed E-state index contributed by atoms with van der Waals surface area (Å²) in [4.78, 5) is 18.8. The van der Waals surface area contributed by atoms with Crippen molar-refractivity contribution in [2.75, 3.05) is 13.1 Å². The molecule has 0 spiro atoms. The number of aromatic nitrogens is 1. The van der Waals surface area contributed by atoms with E-state index in [4.69, 9.17) is 21.8 Å². The fourth-order valence-corrected chi connectivity index (χ4v) is 3.17. The monoisotopic (exact) mass is 383 g/mol. The van der Waals surface area contributed by atoms with Crippen molar-refractivity contribution in [2.24, 2.45) is 11.7 Å². The van der Waals surface area contributed by atoms with Gasteiger partial charge in [-0.05, 0) is 49.9 Å². The first-order chi connectivity index (χ1) is 11.5.